The second kappa shape index (κ2) is 4.71. The van der Waals surface area contributed by atoms with Gasteiger partial charge in [0.1, 0.15) is 11.6 Å². The highest BCUT2D eigenvalue weighted by Gasteiger charge is 2.24. The molecular weight excluding hydrogens is 225 g/mol. The van der Waals surface area contributed by atoms with Crippen molar-refractivity contribution >= 4 is 5.91 Å². The molecule has 0 bridgehead atoms. The second-order valence-electron chi connectivity index (χ2n) is 4.09. The first kappa shape index (κ1) is 11.9. The standard InChI is InChI=1S/C12H14FNO3/c1-8-7-14(4-5-17-8)12(16)10-3-2-9(13)6-11(10)15/h2-3,6,8,15H,4-5,7H2,1H3. The lowest BCUT2D eigenvalue weighted by molar-refractivity contribution is -0.0125. The van der Waals surface area contributed by atoms with Gasteiger partial charge in [-0.15, -0.1) is 0 Å². The molecular formula is C12H14FNO3. The van der Waals surface area contributed by atoms with Crippen LogP contribution >= 0.6 is 0 Å². The molecule has 0 spiro atoms. The Morgan fingerprint density at radius 1 is 1.59 bits per heavy atom. The number of ether oxygens (including phenoxy) is 1. The van der Waals surface area contributed by atoms with Gasteiger partial charge in [0.15, 0.2) is 0 Å². The molecule has 1 aliphatic rings. The molecule has 5 heteroatoms. The van der Waals surface area contributed by atoms with Crippen LogP contribution in [0.1, 0.15) is 17.3 Å². The summed E-state index contributed by atoms with van der Waals surface area (Å²) in [6.45, 7) is 3.33. The van der Waals surface area contributed by atoms with Gasteiger partial charge in [-0.3, -0.25) is 4.79 Å². The Morgan fingerprint density at radius 2 is 2.35 bits per heavy atom. The van der Waals surface area contributed by atoms with Crippen molar-refractivity contribution in [1.82, 2.24) is 4.90 Å². The van der Waals surface area contributed by atoms with Gasteiger partial charge in [-0.2, -0.15) is 0 Å². The summed E-state index contributed by atoms with van der Waals surface area (Å²) in [5, 5.41) is 9.54. The number of nitrogens with zero attached hydrogens (tertiary/aromatic N) is 1. The maximum Gasteiger partial charge on any atom is 0.257 e. The molecule has 92 valence electrons. The van der Waals surface area contributed by atoms with Crippen LogP contribution in [0.15, 0.2) is 18.2 Å². The lowest BCUT2D eigenvalue weighted by Gasteiger charge is -2.31. The topological polar surface area (TPSA) is 49.8 Å². The fourth-order valence-corrected chi connectivity index (χ4v) is 1.86. The van der Waals surface area contributed by atoms with Crippen molar-refractivity contribution in [2.75, 3.05) is 19.7 Å². The van der Waals surface area contributed by atoms with E-state index in [4.69, 9.17) is 4.74 Å². The second-order valence-corrected chi connectivity index (χ2v) is 4.09. The molecule has 1 aliphatic heterocycles. The maximum absolute atomic E-state index is 12.8. The monoisotopic (exact) mass is 239 g/mol. The number of morpholine rings is 1. The van der Waals surface area contributed by atoms with Crippen molar-refractivity contribution < 1.29 is 19.0 Å². The number of hydrogen-bond acceptors (Lipinski definition) is 3. The van der Waals surface area contributed by atoms with Gasteiger partial charge in [0, 0.05) is 19.2 Å². The minimum Gasteiger partial charge on any atom is -0.507 e. The largest absolute Gasteiger partial charge is 0.507 e. The van der Waals surface area contributed by atoms with Gasteiger partial charge in [-0.1, -0.05) is 0 Å². The first-order valence-corrected chi connectivity index (χ1v) is 5.47. The Balaban J connectivity index is 2.18. The molecule has 0 aliphatic carbocycles. The molecule has 1 aromatic carbocycles. The Bertz CT molecular complexity index is 436. The van der Waals surface area contributed by atoms with Gasteiger partial charge in [-0.25, -0.2) is 4.39 Å². The predicted molar refractivity (Wildman–Crippen MR) is 59.4 cm³/mol. The maximum atomic E-state index is 12.8. The minimum absolute atomic E-state index is 0.0182. The van der Waals surface area contributed by atoms with Crippen LogP contribution in [0.5, 0.6) is 5.75 Å². The third kappa shape index (κ3) is 2.55. The van der Waals surface area contributed by atoms with Crippen LogP contribution in [0.4, 0.5) is 4.39 Å². The fraction of sp³-hybridized carbons (Fsp3) is 0.417. The number of rotatable bonds is 1. The van der Waals surface area contributed by atoms with E-state index in [1.54, 1.807) is 4.90 Å². The molecule has 1 fully saturated rings. The van der Waals surface area contributed by atoms with E-state index < -0.39 is 5.82 Å². The van der Waals surface area contributed by atoms with Crippen LogP contribution in [-0.2, 0) is 4.74 Å². The first-order valence-electron chi connectivity index (χ1n) is 5.47. The van der Waals surface area contributed by atoms with Gasteiger partial charge in [0.05, 0.1) is 18.3 Å². The van der Waals surface area contributed by atoms with Gasteiger partial charge in [-0.05, 0) is 19.1 Å². The normalized spacial score (nSPS) is 20.4. The van der Waals surface area contributed by atoms with E-state index in [1.807, 2.05) is 6.92 Å². The zero-order valence-corrected chi connectivity index (χ0v) is 9.52. The number of benzene rings is 1. The van der Waals surface area contributed by atoms with Gasteiger partial charge < -0.3 is 14.7 Å². The summed E-state index contributed by atoms with van der Waals surface area (Å²) in [5.74, 6) is -1.18. The third-order valence-corrected chi connectivity index (χ3v) is 2.72. The molecule has 1 N–H and O–H groups in total. The minimum atomic E-state index is -0.561. The average Bonchev–Trinajstić information content (AvgIpc) is 2.28. The van der Waals surface area contributed by atoms with E-state index in [0.29, 0.717) is 19.7 Å². The van der Waals surface area contributed by atoms with E-state index >= 15 is 0 Å². The Labute approximate surface area is 98.6 Å². The number of carbonyl (C=O) groups excluding carboxylic acids is 1. The first-order chi connectivity index (χ1) is 8.08. The number of carbonyl (C=O) groups is 1. The Hall–Kier alpha value is -1.62. The van der Waals surface area contributed by atoms with Gasteiger partial charge in [0.2, 0.25) is 0 Å². The molecule has 1 saturated heterocycles. The Morgan fingerprint density at radius 3 is 3.00 bits per heavy atom. The van der Waals surface area contributed by atoms with Crippen LogP contribution in [-0.4, -0.2) is 41.7 Å². The predicted octanol–water partition coefficient (Wildman–Crippen LogP) is 1.39. The molecule has 1 unspecified atom stereocenters. The quantitative estimate of drug-likeness (QED) is 0.805. The molecule has 0 saturated carbocycles. The van der Waals surface area contributed by atoms with Crippen molar-refractivity contribution in [3.63, 3.8) is 0 Å². The molecule has 1 atom stereocenters. The van der Waals surface area contributed by atoms with Crippen molar-refractivity contribution in [3.05, 3.63) is 29.6 Å². The average molecular weight is 239 g/mol. The summed E-state index contributed by atoms with van der Waals surface area (Å²) in [6, 6.07) is 3.40. The molecule has 1 aromatic rings. The number of hydrogen-bond donors (Lipinski definition) is 1. The van der Waals surface area contributed by atoms with E-state index in [2.05, 4.69) is 0 Å². The molecule has 17 heavy (non-hydrogen) atoms. The number of phenols is 1. The van der Waals surface area contributed by atoms with Crippen molar-refractivity contribution in [1.29, 1.82) is 0 Å². The molecule has 1 amide bonds. The number of amides is 1. The molecule has 2 rings (SSSR count). The smallest absolute Gasteiger partial charge is 0.257 e. The Kier molecular flexibility index (Phi) is 3.28. The summed E-state index contributed by atoms with van der Waals surface area (Å²) < 4.78 is 18.1. The van der Waals surface area contributed by atoms with Crippen molar-refractivity contribution in [3.8, 4) is 5.75 Å². The SMILES string of the molecule is CC1CN(C(=O)c2ccc(F)cc2O)CCO1. The number of halogens is 1. The molecule has 1 heterocycles. The molecule has 0 radical (unpaired) electrons. The highest BCUT2D eigenvalue weighted by molar-refractivity contribution is 5.96. The lowest BCUT2D eigenvalue weighted by Crippen LogP contribution is -2.44. The summed E-state index contributed by atoms with van der Waals surface area (Å²) in [7, 11) is 0. The van der Waals surface area contributed by atoms with Crippen LogP contribution in [0, 0.1) is 5.82 Å². The van der Waals surface area contributed by atoms with E-state index in [9.17, 15) is 14.3 Å². The molecule has 4 nitrogen and oxygen atoms in total. The highest BCUT2D eigenvalue weighted by Crippen LogP contribution is 2.21. The highest BCUT2D eigenvalue weighted by atomic mass is 19.1. The zero-order chi connectivity index (χ0) is 12.4. The lowest BCUT2D eigenvalue weighted by atomic mass is 10.1. The van der Waals surface area contributed by atoms with Crippen molar-refractivity contribution in [2.45, 2.75) is 13.0 Å². The number of aromatic hydroxyl groups is 1. The van der Waals surface area contributed by atoms with Gasteiger partial charge >= 0.3 is 0 Å². The summed E-state index contributed by atoms with van der Waals surface area (Å²) >= 11 is 0. The summed E-state index contributed by atoms with van der Waals surface area (Å²) in [6.07, 6.45) is -0.0182. The fourth-order valence-electron chi connectivity index (χ4n) is 1.86. The van der Waals surface area contributed by atoms with Crippen LogP contribution in [0.3, 0.4) is 0 Å². The van der Waals surface area contributed by atoms with Crippen LogP contribution in [0.25, 0.3) is 0 Å². The molecule has 0 aromatic heterocycles. The van der Waals surface area contributed by atoms with E-state index in [0.717, 1.165) is 12.1 Å². The summed E-state index contributed by atoms with van der Waals surface area (Å²) in [4.78, 5) is 13.7. The summed E-state index contributed by atoms with van der Waals surface area (Å²) in [5.41, 5.74) is 0.125. The number of phenolic OH excluding ortho intramolecular Hbond substituents is 1. The third-order valence-electron chi connectivity index (χ3n) is 2.72. The zero-order valence-electron chi connectivity index (χ0n) is 9.52. The van der Waals surface area contributed by atoms with Crippen LogP contribution in [0.2, 0.25) is 0 Å². The van der Waals surface area contributed by atoms with E-state index in [-0.39, 0.29) is 23.3 Å². The van der Waals surface area contributed by atoms with E-state index in [1.165, 1.54) is 6.07 Å². The van der Waals surface area contributed by atoms with Crippen molar-refractivity contribution in [2.24, 2.45) is 0 Å². The van der Waals surface area contributed by atoms with Crippen LogP contribution < -0.4 is 0 Å². The van der Waals surface area contributed by atoms with Gasteiger partial charge in [0.25, 0.3) is 5.91 Å².